The number of hydrogen-bond donors (Lipinski definition) is 1. The molecule has 1 saturated heterocycles. The Kier molecular flexibility index (Phi) is 4.55. The van der Waals surface area contributed by atoms with Gasteiger partial charge in [0, 0.05) is 31.1 Å². The summed E-state index contributed by atoms with van der Waals surface area (Å²) in [5.74, 6) is 1.74. The summed E-state index contributed by atoms with van der Waals surface area (Å²) in [6, 6.07) is 3.68. The van der Waals surface area contributed by atoms with Crippen molar-refractivity contribution in [3.05, 3.63) is 28.8 Å². The number of rotatable bonds is 3. The molecule has 6 heteroatoms. The third kappa shape index (κ3) is 2.97. The predicted molar refractivity (Wildman–Crippen MR) is 79.9 cm³/mol. The van der Waals surface area contributed by atoms with Gasteiger partial charge >= 0.3 is 0 Å². The molecular weight excluding hydrogens is 280 g/mol. The normalized spacial score (nSPS) is 17.6. The Morgan fingerprint density at radius 1 is 1.26 bits per heavy atom. The molecule has 4 nitrogen and oxygen atoms in total. The van der Waals surface area contributed by atoms with Crippen LogP contribution in [0.5, 0.6) is 0 Å². The van der Waals surface area contributed by atoms with E-state index in [0.717, 1.165) is 28.2 Å². The summed E-state index contributed by atoms with van der Waals surface area (Å²) in [5, 5.41) is 0. The number of aryl methyl sites for hydroxylation is 1. The Bertz CT molecular complexity index is 564. The largest absolute Gasteiger partial charge is 0.326 e. The second-order valence-electron chi connectivity index (χ2n) is 4.76. The van der Waals surface area contributed by atoms with Gasteiger partial charge in [0.05, 0.1) is 4.90 Å². The van der Waals surface area contributed by atoms with Gasteiger partial charge in [-0.1, -0.05) is 6.07 Å². The highest BCUT2D eigenvalue weighted by atomic mass is 32.2. The van der Waals surface area contributed by atoms with Crippen LogP contribution in [-0.2, 0) is 16.6 Å². The molecule has 0 amide bonds. The lowest BCUT2D eigenvalue weighted by Crippen LogP contribution is -2.38. The van der Waals surface area contributed by atoms with Crippen molar-refractivity contribution >= 4 is 21.8 Å². The maximum Gasteiger partial charge on any atom is 0.243 e. The van der Waals surface area contributed by atoms with E-state index in [0.29, 0.717) is 24.5 Å². The molecule has 106 valence electrons. The summed E-state index contributed by atoms with van der Waals surface area (Å²) in [6.07, 6.45) is 0. The third-order valence-corrected chi connectivity index (χ3v) is 6.47. The van der Waals surface area contributed by atoms with Crippen LogP contribution in [0.15, 0.2) is 17.0 Å². The van der Waals surface area contributed by atoms with E-state index in [1.54, 1.807) is 22.1 Å². The minimum absolute atomic E-state index is 0.361. The predicted octanol–water partition coefficient (Wildman–Crippen LogP) is 1.50. The van der Waals surface area contributed by atoms with E-state index in [4.69, 9.17) is 5.73 Å². The zero-order chi connectivity index (χ0) is 14.0. The zero-order valence-electron chi connectivity index (χ0n) is 11.3. The molecule has 0 aromatic heterocycles. The van der Waals surface area contributed by atoms with E-state index in [9.17, 15) is 8.42 Å². The molecule has 0 atom stereocenters. The number of nitrogens with zero attached hydrogens (tertiary/aromatic N) is 1. The fraction of sp³-hybridized carbons (Fsp3) is 0.538. The number of hydrogen-bond acceptors (Lipinski definition) is 4. The van der Waals surface area contributed by atoms with Crippen molar-refractivity contribution in [1.29, 1.82) is 0 Å². The summed E-state index contributed by atoms with van der Waals surface area (Å²) >= 11 is 1.80. The molecule has 19 heavy (non-hydrogen) atoms. The Morgan fingerprint density at radius 2 is 1.89 bits per heavy atom. The maximum atomic E-state index is 12.7. The highest BCUT2D eigenvalue weighted by molar-refractivity contribution is 7.99. The number of thioether (sulfide) groups is 1. The zero-order valence-corrected chi connectivity index (χ0v) is 13.0. The van der Waals surface area contributed by atoms with E-state index >= 15 is 0 Å². The first-order chi connectivity index (χ1) is 8.96. The lowest BCUT2D eigenvalue weighted by molar-refractivity contribution is 0.443. The molecule has 0 radical (unpaired) electrons. The first-order valence-electron chi connectivity index (χ1n) is 6.35. The molecule has 0 unspecified atom stereocenters. The van der Waals surface area contributed by atoms with E-state index < -0.39 is 10.0 Å². The van der Waals surface area contributed by atoms with Crippen molar-refractivity contribution in [1.82, 2.24) is 4.31 Å². The summed E-state index contributed by atoms with van der Waals surface area (Å²) in [7, 11) is -3.38. The van der Waals surface area contributed by atoms with Crippen LogP contribution in [0.3, 0.4) is 0 Å². The molecule has 1 heterocycles. The van der Waals surface area contributed by atoms with Gasteiger partial charge in [-0.3, -0.25) is 0 Å². The molecule has 0 spiro atoms. The molecule has 0 bridgehead atoms. The van der Waals surface area contributed by atoms with Crippen LogP contribution < -0.4 is 5.73 Å². The minimum Gasteiger partial charge on any atom is -0.326 e. The molecule has 1 fully saturated rings. The van der Waals surface area contributed by atoms with Crippen molar-refractivity contribution in [3.63, 3.8) is 0 Å². The highest BCUT2D eigenvalue weighted by Crippen LogP contribution is 2.26. The molecule has 0 saturated carbocycles. The summed E-state index contributed by atoms with van der Waals surface area (Å²) < 4.78 is 27.0. The Balaban J connectivity index is 2.47. The minimum atomic E-state index is -3.38. The van der Waals surface area contributed by atoms with Gasteiger partial charge in [0.15, 0.2) is 0 Å². The lowest BCUT2D eigenvalue weighted by atomic mass is 10.1. The van der Waals surface area contributed by atoms with Gasteiger partial charge in [0.25, 0.3) is 0 Å². The van der Waals surface area contributed by atoms with Crippen LogP contribution >= 0.6 is 11.8 Å². The second-order valence-corrected chi connectivity index (χ2v) is 7.89. The summed E-state index contributed by atoms with van der Waals surface area (Å²) in [6.45, 7) is 5.34. The van der Waals surface area contributed by atoms with Gasteiger partial charge in [0.2, 0.25) is 10.0 Å². The maximum absolute atomic E-state index is 12.7. The number of benzene rings is 1. The van der Waals surface area contributed by atoms with Gasteiger partial charge in [-0.2, -0.15) is 16.1 Å². The lowest BCUT2D eigenvalue weighted by Gasteiger charge is -2.27. The summed E-state index contributed by atoms with van der Waals surface area (Å²) in [5.41, 5.74) is 8.32. The Hall–Kier alpha value is -0.560. The monoisotopic (exact) mass is 300 g/mol. The van der Waals surface area contributed by atoms with Crippen LogP contribution in [-0.4, -0.2) is 37.3 Å². The number of sulfonamides is 1. The average Bonchev–Trinajstić information content (AvgIpc) is 2.42. The highest BCUT2D eigenvalue weighted by Gasteiger charge is 2.28. The SMILES string of the molecule is Cc1cc(CN)cc(S(=O)(=O)N2CCSCC2)c1C. The van der Waals surface area contributed by atoms with Crippen LogP contribution in [0, 0.1) is 13.8 Å². The van der Waals surface area contributed by atoms with Crippen LogP contribution in [0.25, 0.3) is 0 Å². The smallest absolute Gasteiger partial charge is 0.243 e. The average molecular weight is 300 g/mol. The van der Waals surface area contributed by atoms with Gasteiger partial charge in [0.1, 0.15) is 0 Å². The third-order valence-electron chi connectivity index (χ3n) is 3.50. The van der Waals surface area contributed by atoms with Crippen molar-refractivity contribution in [2.45, 2.75) is 25.3 Å². The van der Waals surface area contributed by atoms with E-state index in [1.165, 1.54) is 0 Å². The first kappa shape index (κ1) is 14.8. The molecule has 2 N–H and O–H groups in total. The molecule has 1 aromatic rings. The van der Waals surface area contributed by atoms with Crippen LogP contribution in [0.1, 0.15) is 16.7 Å². The Morgan fingerprint density at radius 3 is 2.47 bits per heavy atom. The molecule has 1 aromatic carbocycles. The van der Waals surface area contributed by atoms with E-state index in [1.807, 2.05) is 19.9 Å². The van der Waals surface area contributed by atoms with E-state index in [2.05, 4.69) is 0 Å². The van der Waals surface area contributed by atoms with E-state index in [-0.39, 0.29) is 0 Å². The van der Waals surface area contributed by atoms with Gasteiger partial charge < -0.3 is 5.73 Å². The topological polar surface area (TPSA) is 63.4 Å². The van der Waals surface area contributed by atoms with Gasteiger partial charge in [-0.15, -0.1) is 0 Å². The molecule has 2 rings (SSSR count). The molecule has 0 aliphatic carbocycles. The van der Waals surface area contributed by atoms with Crippen LogP contribution in [0.4, 0.5) is 0 Å². The fourth-order valence-corrected chi connectivity index (χ4v) is 5.13. The quantitative estimate of drug-likeness (QED) is 0.919. The first-order valence-corrected chi connectivity index (χ1v) is 8.94. The molecular formula is C13H20N2O2S2. The molecule has 1 aliphatic heterocycles. The standard InChI is InChI=1S/C13H20N2O2S2/c1-10-7-12(9-14)8-13(11(10)2)19(16,17)15-3-5-18-6-4-15/h7-8H,3-6,9,14H2,1-2H3. The van der Waals surface area contributed by atoms with Crippen molar-refractivity contribution in [2.75, 3.05) is 24.6 Å². The fourth-order valence-electron chi connectivity index (χ4n) is 2.21. The van der Waals surface area contributed by atoms with Crippen molar-refractivity contribution < 1.29 is 8.42 Å². The Labute approximate surface area is 119 Å². The van der Waals surface area contributed by atoms with Crippen LogP contribution in [0.2, 0.25) is 0 Å². The van der Waals surface area contributed by atoms with Gasteiger partial charge in [-0.25, -0.2) is 8.42 Å². The van der Waals surface area contributed by atoms with Gasteiger partial charge in [-0.05, 0) is 36.6 Å². The molecule has 1 aliphatic rings. The van der Waals surface area contributed by atoms with Crippen molar-refractivity contribution in [3.8, 4) is 0 Å². The van der Waals surface area contributed by atoms with Crippen molar-refractivity contribution in [2.24, 2.45) is 5.73 Å². The second kappa shape index (κ2) is 5.83. The summed E-state index contributed by atoms with van der Waals surface area (Å²) in [4.78, 5) is 0.417. The number of nitrogens with two attached hydrogens (primary N) is 1.